The molecule has 2 N–H and O–H groups in total. The monoisotopic (exact) mass is 272 g/mol. The van der Waals surface area contributed by atoms with E-state index < -0.39 is 0 Å². The van der Waals surface area contributed by atoms with Crippen molar-refractivity contribution in [2.75, 3.05) is 13.1 Å². The van der Waals surface area contributed by atoms with Gasteiger partial charge in [-0.3, -0.25) is 4.79 Å². The number of carbonyl (C=O) groups is 1. The Bertz CT molecular complexity index is 394. The van der Waals surface area contributed by atoms with Crippen molar-refractivity contribution in [3.05, 3.63) is 21.3 Å². The summed E-state index contributed by atoms with van der Waals surface area (Å²) in [6.07, 6.45) is 3.40. The van der Waals surface area contributed by atoms with E-state index in [-0.39, 0.29) is 11.9 Å². The average molecular weight is 273 g/mol. The lowest BCUT2D eigenvalue weighted by atomic mass is 10.1. The minimum absolute atomic E-state index is 0.156. The van der Waals surface area contributed by atoms with Crippen LogP contribution in [0.4, 0.5) is 0 Å². The van der Waals surface area contributed by atoms with Gasteiger partial charge in [0.25, 0.3) is 0 Å². The predicted molar refractivity (Wildman–Crippen MR) is 71.4 cm³/mol. The Kier molecular flexibility index (Phi) is 4.42. The highest BCUT2D eigenvalue weighted by atomic mass is 35.5. The van der Waals surface area contributed by atoms with E-state index in [1.807, 2.05) is 17.0 Å². The van der Waals surface area contributed by atoms with Crippen LogP contribution < -0.4 is 5.73 Å². The fourth-order valence-electron chi connectivity index (χ4n) is 2.11. The summed E-state index contributed by atoms with van der Waals surface area (Å²) in [5.41, 5.74) is 5.86. The molecule has 0 spiro atoms. The van der Waals surface area contributed by atoms with Gasteiger partial charge in [0.15, 0.2) is 0 Å². The van der Waals surface area contributed by atoms with Gasteiger partial charge in [-0.2, -0.15) is 0 Å². The number of nitrogens with two attached hydrogens (primary N) is 1. The van der Waals surface area contributed by atoms with Crippen molar-refractivity contribution < 1.29 is 4.79 Å². The molecule has 1 unspecified atom stereocenters. The number of likely N-dealkylation sites (tertiary alicyclic amines) is 1. The third kappa shape index (κ3) is 3.69. The van der Waals surface area contributed by atoms with E-state index in [0.29, 0.717) is 13.0 Å². The van der Waals surface area contributed by atoms with Crippen molar-refractivity contribution in [3.8, 4) is 0 Å². The van der Waals surface area contributed by atoms with Gasteiger partial charge in [0, 0.05) is 30.4 Å². The van der Waals surface area contributed by atoms with Crippen LogP contribution in [0.1, 0.15) is 24.1 Å². The van der Waals surface area contributed by atoms with Crippen LogP contribution >= 0.6 is 22.9 Å². The first-order chi connectivity index (χ1) is 8.15. The second-order valence-electron chi connectivity index (χ2n) is 4.45. The van der Waals surface area contributed by atoms with Crippen molar-refractivity contribution in [3.63, 3.8) is 0 Å². The molecule has 0 radical (unpaired) electrons. The summed E-state index contributed by atoms with van der Waals surface area (Å²) in [7, 11) is 0. The number of piperidine rings is 1. The Balaban J connectivity index is 1.80. The maximum Gasteiger partial charge on any atom is 0.222 e. The number of thiophene rings is 1. The topological polar surface area (TPSA) is 46.3 Å². The fraction of sp³-hybridized carbons (Fsp3) is 0.583. The molecule has 3 nitrogen and oxygen atoms in total. The molecule has 1 aromatic heterocycles. The molecule has 0 bridgehead atoms. The number of hydrogen-bond acceptors (Lipinski definition) is 3. The molecule has 0 aliphatic carbocycles. The van der Waals surface area contributed by atoms with Crippen LogP contribution in [-0.4, -0.2) is 29.9 Å². The number of aryl methyl sites for hydroxylation is 1. The number of hydrogen-bond donors (Lipinski definition) is 1. The summed E-state index contributed by atoms with van der Waals surface area (Å²) in [5, 5.41) is 0. The van der Waals surface area contributed by atoms with Gasteiger partial charge in [-0.1, -0.05) is 11.6 Å². The second-order valence-corrected chi connectivity index (χ2v) is 6.25. The molecule has 1 amide bonds. The molecule has 2 heterocycles. The van der Waals surface area contributed by atoms with E-state index in [1.54, 1.807) is 11.3 Å². The van der Waals surface area contributed by atoms with E-state index in [9.17, 15) is 4.79 Å². The highest BCUT2D eigenvalue weighted by Gasteiger charge is 2.20. The van der Waals surface area contributed by atoms with Gasteiger partial charge in [0.05, 0.1) is 4.34 Å². The average Bonchev–Trinajstić information content (AvgIpc) is 2.72. The lowest BCUT2D eigenvalue weighted by molar-refractivity contribution is -0.132. The van der Waals surface area contributed by atoms with Crippen LogP contribution in [0, 0.1) is 0 Å². The van der Waals surface area contributed by atoms with Gasteiger partial charge in [0.2, 0.25) is 5.91 Å². The maximum atomic E-state index is 12.0. The van der Waals surface area contributed by atoms with E-state index in [1.165, 1.54) is 4.88 Å². The van der Waals surface area contributed by atoms with Crippen molar-refractivity contribution in [2.24, 2.45) is 5.73 Å². The van der Waals surface area contributed by atoms with Crippen LogP contribution in [0.25, 0.3) is 0 Å². The first-order valence-corrected chi connectivity index (χ1v) is 7.12. The molecular formula is C12H17ClN2OS. The fourth-order valence-corrected chi connectivity index (χ4v) is 3.20. The maximum absolute atomic E-state index is 12.0. The van der Waals surface area contributed by atoms with E-state index in [4.69, 9.17) is 17.3 Å². The standard InChI is InChI=1S/C12H17ClN2OS/c13-11-5-3-10(17-11)4-6-12(16)15-7-1-2-9(14)8-15/h3,5,9H,1-2,4,6-8,14H2. The summed E-state index contributed by atoms with van der Waals surface area (Å²) >= 11 is 7.40. The summed E-state index contributed by atoms with van der Waals surface area (Å²) in [5.74, 6) is 0.213. The van der Waals surface area contributed by atoms with Gasteiger partial charge in [-0.15, -0.1) is 11.3 Å². The number of nitrogens with zero attached hydrogens (tertiary/aromatic N) is 1. The molecule has 2 rings (SSSR count). The summed E-state index contributed by atoms with van der Waals surface area (Å²) < 4.78 is 0.785. The molecule has 1 atom stereocenters. The summed E-state index contributed by atoms with van der Waals surface area (Å²) in [6, 6.07) is 4.02. The predicted octanol–water partition coefficient (Wildman–Crippen LogP) is 2.28. The van der Waals surface area contributed by atoms with Gasteiger partial charge in [-0.25, -0.2) is 0 Å². The molecule has 1 saturated heterocycles. The zero-order chi connectivity index (χ0) is 12.3. The van der Waals surface area contributed by atoms with Crippen LogP contribution in [-0.2, 0) is 11.2 Å². The molecule has 94 valence electrons. The van der Waals surface area contributed by atoms with E-state index in [2.05, 4.69) is 0 Å². The van der Waals surface area contributed by atoms with Gasteiger partial charge in [0.1, 0.15) is 0 Å². The SMILES string of the molecule is NC1CCCN(C(=O)CCc2ccc(Cl)s2)C1. The molecule has 1 aliphatic heterocycles. The Morgan fingerprint density at radius 2 is 2.41 bits per heavy atom. The number of amides is 1. The molecule has 0 aromatic carbocycles. The normalized spacial score (nSPS) is 20.6. The van der Waals surface area contributed by atoms with Gasteiger partial charge < -0.3 is 10.6 Å². The minimum atomic E-state index is 0.156. The number of carbonyl (C=O) groups excluding carboxylic acids is 1. The van der Waals surface area contributed by atoms with Gasteiger partial charge >= 0.3 is 0 Å². The minimum Gasteiger partial charge on any atom is -0.341 e. The third-order valence-corrected chi connectivity index (χ3v) is 4.32. The second kappa shape index (κ2) is 5.85. The third-order valence-electron chi connectivity index (χ3n) is 3.02. The first kappa shape index (κ1) is 12.9. The van der Waals surface area contributed by atoms with Crippen molar-refractivity contribution in [1.29, 1.82) is 0 Å². The molecular weight excluding hydrogens is 256 g/mol. The lowest BCUT2D eigenvalue weighted by Gasteiger charge is -2.30. The van der Waals surface area contributed by atoms with Crippen molar-refractivity contribution in [1.82, 2.24) is 4.90 Å². The van der Waals surface area contributed by atoms with E-state index >= 15 is 0 Å². The molecule has 0 saturated carbocycles. The van der Waals surface area contributed by atoms with Crippen LogP contribution in [0.2, 0.25) is 4.34 Å². The molecule has 5 heteroatoms. The van der Waals surface area contributed by atoms with Crippen LogP contribution in [0.3, 0.4) is 0 Å². The Morgan fingerprint density at radius 1 is 1.59 bits per heavy atom. The molecule has 1 aliphatic rings. The lowest BCUT2D eigenvalue weighted by Crippen LogP contribution is -2.45. The van der Waals surface area contributed by atoms with Gasteiger partial charge in [-0.05, 0) is 31.4 Å². The van der Waals surface area contributed by atoms with Crippen LogP contribution in [0.15, 0.2) is 12.1 Å². The van der Waals surface area contributed by atoms with Crippen LogP contribution in [0.5, 0.6) is 0 Å². The Hall–Kier alpha value is -0.580. The zero-order valence-corrected chi connectivity index (χ0v) is 11.3. The zero-order valence-electron chi connectivity index (χ0n) is 9.69. The van der Waals surface area contributed by atoms with Crippen molar-refractivity contribution >= 4 is 28.8 Å². The highest BCUT2D eigenvalue weighted by Crippen LogP contribution is 2.22. The highest BCUT2D eigenvalue weighted by molar-refractivity contribution is 7.16. The Morgan fingerprint density at radius 3 is 3.06 bits per heavy atom. The summed E-state index contributed by atoms with van der Waals surface area (Å²) in [6.45, 7) is 1.57. The molecule has 1 aromatic rings. The Labute approximate surface area is 111 Å². The number of halogens is 1. The van der Waals surface area contributed by atoms with Crippen molar-refractivity contribution in [2.45, 2.75) is 31.7 Å². The summed E-state index contributed by atoms with van der Waals surface area (Å²) in [4.78, 5) is 15.0. The number of rotatable bonds is 3. The molecule has 1 fully saturated rings. The largest absolute Gasteiger partial charge is 0.341 e. The quantitative estimate of drug-likeness (QED) is 0.918. The smallest absolute Gasteiger partial charge is 0.222 e. The molecule has 17 heavy (non-hydrogen) atoms. The first-order valence-electron chi connectivity index (χ1n) is 5.93. The van der Waals surface area contributed by atoms with E-state index in [0.717, 1.165) is 30.1 Å².